The van der Waals surface area contributed by atoms with Crippen molar-refractivity contribution in [1.29, 1.82) is 0 Å². The van der Waals surface area contributed by atoms with E-state index in [2.05, 4.69) is 41.8 Å². The van der Waals surface area contributed by atoms with E-state index in [9.17, 15) is 4.79 Å². The molecule has 0 saturated heterocycles. The van der Waals surface area contributed by atoms with E-state index < -0.39 is 0 Å². The van der Waals surface area contributed by atoms with Crippen LogP contribution in [0.2, 0.25) is 0 Å². The van der Waals surface area contributed by atoms with Gasteiger partial charge in [0.1, 0.15) is 0 Å². The molecule has 0 heterocycles. The SMILES string of the molecule is CNC(=O)c1cccc(NCCC(C)c2ccccc2)c1. The lowest BCUT2D eigenvalue weighted by Gasteiger charge is -2.13. The van der Waals surface area contributed by atoms with E-state index in [1.165, 1.54) is 5.56 Å². The van der Waals surface area contributed by atoms with Crippen LogP contribution in [0, 0.1) is 0 Å². The molecule has 21 heavy (non-hydrogen) atoms. The quantitative estimate of drug-likeness (QED) is 0.849. The van der Waals surface area contributed by atoms with Gasteiger partial charge in [-0.15, -0.1) is 0 Å². The van der Waals surface area contributed by atoms with Crippen LogP contribution in [0.5, 0.6) is 0 Å². The Morgan fingerprint density at radius 3 is 2.57 bits per heavy atom. The first-order valence-corrected chi connectivity index (χ1v) is 7.31. The van der Waals surface area contributed by atoms with Gasteiger partial charge in [0.2, 0.25) is 0 Å². The van der Waals surface area contributed by atoms with E-state index in [0.29, 0.717) is 11.5 Å². The van der Waals surface area contributed by atoms with E-state index in [1.54, 1.807) is 7.05 Å². The minimum atomic E-state index is -0.0590. The third-order valence-corrected chi connectivity index (χ3v) is 3.63. The number of anilines is 1. The normalized spacial score (nSPS) is 11.7. The average molecular weight is 282 g/mol. The number of hydrogen-bond donors (Lipinski definition) is 2. The first-order chi connectivity index (χ1) is 10.2. The molecule has 0 aromatic heterocycles. The Hall–Kier alpha value is -2.29. The molecule has 0 saturated carbocycles. The second-order valence-electron chi connectivity index (χ2n) is 5.19. The molecule has 1 unspecified atom stereocenters. The predicted octanol–water partition coefficient (Wildman–Crippen LogP) is 3.65. The van der Waals surface area contributed by atoms with Crippen molar-refractivity contribution in [3.05, 3.63) is 65.7 Å². The van der Waals surface area contributed by atoms with Crippen molar-refractivity contribution in [1.82, 2.24) is 5.32 Å². The molecule has 3 heteroatoms. The second-order valence-corrected chi connectivity index (χ2v) is 5.19. The minimum Gasteiger partial charge on any atom is -0.385 e. The van der Waals surface area contributed by atoms with Crippen molar-refractivity contribution in [2.75, 3.05) is 18.9 Å². The van der Waals surface area contributed by atoms with Crippen LogP contribution in [0.3, 0.4) is 0 Å². The van der Waals surface area contributed by atoms with Crippen LogP contribution >= 0.6 is 0 Å². The van der Waals surface area contributed by atoms with E-state index >= 15 is 0 Å². The fourth-order valence-corrected chi connectivity index (χ4v) is 2.30. The fraction of sp³-hybridized carbons (Fsp3) is 0.278. The number of carbonyl (C=O) groups excluding carboxylic acids is 1. The summed E-state index contributed by atoms with van der Waals surface area (Å²) in [5.74, 6) is 0.456. The van der Waals surface area contributed by atoms with Gasteiger partial charge >= 0.3 is 0 Å². The Morgan fingerprint density at radius 2 is 1.86 bits per heavy atom. The lowest BCUT2D eigenvalue weighted by molar-refractivity contribution is 0.0963. The maximum Gasteiger partial charge on any atom is 0.251 e. The molecule has 0 radical (unpaired) electrons. The molecule has 0 bridgehead atoms. The standard InChI is InChI=1S/C18H22N2O/c1-14(15-7-4-3-5-8-15)11-12-20-17-10-6-9-16(13-17)18(21)19-2/h3-10,13-14,20H,11-12H2,1-2H3,(H,19,21). The molecule has 0 spiro atoms. The molecule has 3 nitrogen and oxygen atoms in total. The van der Waals surface area contributed by atoms with E-state index in [0.717, 1.165) is 18.7 Å². The topological polar surface area (TPSA) is 41.1 Å². The number of nitrogens with one attached hydrogen (secondary N) is 2. The van der Waals surface area contributed by atoms with Crippen molar-refractivity contribution in [2.45, 2.75) is 19.3 Å². The smallest absolute Gasteiger partial charge is 0.251 e. The number of rotatable bonds is 6. The molecule has 110 valence electrons. The Balaban J connectivity index is 1.87. The van der Waals surface area contributed by atoms with Gasteiger partial charge in [0.15, 0.2) is 0 Å². The maximum atomic E-state index is 11.6. The second kappa shape index (κ2) is 7.48. The van der Waals surface area contributed by atoms with Crippen LogP contribution in [-0.4, -0.2) is 19.5 Å². The molecule has 1 amide bonds. The van der Waals surface area contributed by atoms with Gasteiger partial charge in [0.25, 0.3) is 5.91 Å². The minimum absolute atomic E-state index is 0.0590. The fourth-order valence-electron chi connectivity index (χ4n) is 2.30. The molecule has 0 fully saturated rings. The highest BCUT2D eigenvalue weighted by atomic mass is 16.1. The lowest BCUT2D eigenvalue weighted by Crippen LogP contribution is -2.17. The third-order valence-electron chi connectivity index (χ3n) is 3.63. The highest BCUT2D eigenvalue weighted by molar-refractivity contribution is 5.94. The molecule has 2 N–H and O–H groups in total. The molecular formula is C18H22N2O. The number of amides is 1. The van der Waals surface area contributed by atoms with Crippen LogP contribution in [0.1, 0.15) is 35.2 Å². The zero-order chi connectivity index (χ0) is 15.1. The first kappa shape index (κ1) is 15.1. The van der Waals surface area contributed by atoms with Crippen molar-refractivity contribution < 1.29 is 4.79 Å². The first-order valence-electron chi connectivity index (χ1n) is 7.31. The maximum absolute atomic E-state index is 11.6. The molecule has 2 aromatic rings. The largest absolute Gasteiger partial charge is 0.385 e. The Kier molecular flexibility index (Phi) is 5.38. The van der Waals surface area contributed by atoms with E-state index in [-0.39, 0.29) is 5.91 Å². The van der Waals surface area contributed by atoms with Crippen LogP contribution in [-0.2, 0) is 0 Å². The summed E-state index contributed by atoms with van der Waals surface area (Å²) in [7, 11) is 1.64. The van der Waals surface area contributed by atoms with Gasteiger partial charge in [-0.05, 0) is 36.1 Å². The van der Waals surface area contributed by atoms with Gasteiger partial charge in [-0.2, -0.15) is 0 Å². The van der Waals surface area contributed by atoms with Crippen molar-refractivity contribution >= 4 is 11.6 Å². The van der Waals surface area contributed by atoms with Crippen molar-refractivity contribution in [3.63, 3.8) is 0 Å². The van der Waals surface area contributed by atoms with E-state index in [4.69, 9.17) is 0 Å². The summed E-state index contributed by atoms with van der Waals surface area (Å²) in [5.41, 5.74) is 3.02. The van der Waals surface area contributed by atoms with Crippen molar-refractivity contribution in [2.24, 2.45) is 0 Å². The highest BCUT2D eigenvalue weighted by Gasteiger charge is 2.06. The summed E-state index contributed by atoms with van der Waals surface area (Å²) in [5, 5.41) is 6.02. The Morgan fingerprint density at radius 1 is 1.10 bits per heavy atom. The van der Waals surface area contributed by atoms with Gasteiger partial charge in [-0.25, -0.2) is 0 Å². The molecular weight excluding hydrogens is 260 g/mol. The molecule has 2 rings (SSSR count). The summed E-state index contributed by atoms with van der Waals surface area (Å²) < 4.78 is 0. The molecule has 0 aliphatic heterocycles. The van der Waals surface area contributed by atoms with Crippen LogP contribution in [0.15, 0.2) is 54.6 Å². The molecule has 0 aliphatic rings. The van der Waals surface area contributed by atoms with Gasteiger partial charge in [-0.3, -0.25) is 4.79 Å². The summed E-state index contributed by atoms with van der Waals surface area (Å²) in [6, 6.07) is 18.1. The third kappa shape index (κ3) is 4.35. The summed E-state index contributed by atoms with van der Waals surface area (Å²) in [4.78, 5) is 11.6. The van der Waals surface area contributed by atoms with Gasteiger partial charge in [-0.1, -0.05) is 43.3 Å². The summed E-state index contributed by atoms with van der Waals surface area (Å²) >= 11 is 0. The van der Waals surface area contributed by atoms with E-state index in [1.807, 2.05) is 30.3 Å². The predicted molar refractivity (Wildman–Crippen MR) is 87.8 cm³/mol. The molecule has 0 aliphatic carbocycles. The summed E-state index contributed by atoms with van der Waals surface area (Å²) in [6.45, 7) is 3.12. The monoisotopic (exact) mass is 282 g/mol. The van der Waals surface area contributed by atoms with Gasteiger partial charge in [0, 0.05) is 24.8 Å². The Bertz CT molecular complexity index is 581. The van der Waals surface area contributed by atoms with Crippen LogP contribution in [0.25, 0.3) is 0 Å². The number of hydrogen-bond acceptors (Lipinski definition) is 2. The molecule has 1 atom stereocenters. The molecule has 2 aromatic carbocycles. The van der Waals surface area contributed by atoms with Gasteiger partial charge in [0.05, 0.1) is 0 Å². The lowest BCUT2D eigenvalue weighted by atomic mass is 9.98. The van der Waals surface area contributed by atoms with Crippen molar-refractivity contribution in [3.8, 4) is 0 Å². The van der Waals surface area contributed by atoms with Gasteiger partial charge < -0.3 is 10.6 Å². The van der Waals surface area contributed by atoms with Crippen LogP contribution < -0.4 is 10.6 Å². The number of benzene rings is 2. The summed E-state index contributed by atoms with van der Waals surface area (Å²) in [6.07, 6.45) is 1.05. The van der Waals surface area contributed by atoms with Crippen LogP contribution in [0.4, 0.5) is 5.69 Å². The zero-order valence-electron chi connectivity index (χ0n) is 12.6. The average Bonchev–Trinajstić information content (AvgIpc) is 2.55. The highest BCUT2D eigenvalue weighted by Crippen LogP contribution is 2.19. The number of carbonyl (C=O) groups is 1. The zero-order valence-corrected chi connectivity index (χ0v) is 12.6. The Labute approximate surface area is 126 Å².